The maximum atomic E-state index is 14.5. The zero-order chi connectivity index (χ0) is 40.4. The summed E-state index contributed by atoms with van der Waals surface area (Å²) in [4.78, 5) is 16.5. The third kappa shape index (κ3) is 10.1. The van der Waals surface area contributed by atoms with E-state index >= 15 is 0 Å². The molecule has 7 aromatic carbocycles. The van der Waals surface area contributed by atoms with Crippen molar-refractivity contribution in [2.45, 2.75) is 25.4 Å². The average molecular weight is 817 g/mol. The predicted molar refractivity (Wildman–Crippen MR) is 240 cm³/mol. The number of hydrogen-bond donors (Lipinski definition) is 0. The Kier molecular flexibility index (Phi) is 12.4. The molecule has 0 saturated heterocycles. The van der Waals surface area contributed by atoms with Crippen molar-refractivity contribution in [1.82, 2.24) is 4.90 Å². The monoisotopic (exact) mass is 816 g/mol. The van der Waals surface area contributed by atoms with Crippen molar-refractivity contribution in [2.24, 2.45) is 0 Å². The van der Waals surface area contributed by atoms with Gasteiger partial charge >= 0.3 is 0 Å². The van der Waals surface area contributed by atoms with Gasteiger partial charge in [0.15, 0.2) is 5.78 Å². The van der Waals surface area contributed by atoms with Gasteiger partial charge in [0.1, 0.15) is 24.7 Å². The molecule has 0 unspecified atom stereocenters. The average Bonchev–Trinajstić information content (AvgIpc) is 3.64. The fraction of sp³-hybridized carbons (Fsp3) is 0.140. The van der Waals surface area contributed by atoms with Crippen LogP contribution in [0.1, 0.15) is 32.6 Å². The molecule has 1 heterocycles. The van der Waals surface area contributed by atoms with E-state index in [2.05, 4.69) is 41.3 Å². The summed E-state index contributed by atoms with van der Waals surface area (Å²) >= 11 is 1.75. The van der Waals surface area contributed by atoms with Crippen LogP contribution in [0.15, 0.2) is 182 Å². The highest BCUT2D eigenvalue weighted by molar-refractivity contribution is 7.92. The van der Waals surface area contributed by atoms with Gasteiger partial charge in [0.25, 0.3) is 0 Å². The Balaban J connectivity index is 1.08. The van der Waals surface area contributed by atoms with Crippen LogP contribution in [0.3, 0.4) is 0 Å². The van der Waals surface area contributed by atoms with Crippen molar-refractivity contribution in [3.8, 4) is 11.5 Å². The van der Waals surface area contributed by atoms with Gasteiger partial charge in [-0.2, -0.15) is 0 Å². The summed E-state index contributed by atoms with van der Waals surface area (Å²) in [6.45, 7) is 1.76. The molecule has 0 bridgehead atoms. The minimum Gasteiger partial charge on any atom is -0.492 e. The van der Waals surface area contributed by atoms with E-state index in [0.717, 1.165) is 22.4 Å². The van der Waals surface area contributed by atoms with E-state index in [0.29, 0.717) is 42.3 Å². The number of anilines is 1. The topological polar surface area (TPSA) is 76.2 Å². The second-order valence-electron chi connectivity index (χ2n) is 14.4. The smallest absolute Gasteiger partial charge is 0.239 e. The largest absolute Gasteiger partial charge is 0.492 e. The number of benzene rings is 7. The van der Waals surface area contributed by atoms with Gasteiger partial charge in [-0.3, -0.25) is 14.0 Å². The number of carbonyl (C=O) groups excluding carboxylic acids is 1. The van der Waals surface area contributed by atoms with Gasteiger partial charge in [0.05, 0.1) is 24.5 Å². The number of ketones is 1. The fourth-order valence-electron chi connectivity index (χ4n) is 7.13. The molecule has 0 atom stereocenters. The molecule has 0 fully saturated rings. The Morgan fingerprint density at radius 3 is 1.85 bits per heavy atom. The summed E-state index contributed by atoms with van der Waals surface area (Å²) < 4.78 is 45.5. The minimum atomic E-state index is -3.98. The molecule has 0 spiro atoms. The molecule has 0 saturated carbocycles. The highest BCUT2D eigenvalue weighted by Crippen LogP contribution is 2.37. The summed E-state index contributed by atoms with van der Waals surface area (Å²) in [6, 6.07) is 58.1. The lowest BCUT2D eigenvalue weighted by Crippen LogP contribution is -2.34. The Bertz CT molecular complexity index is 2740. The molecule has 296 valence electrons. The molecule has 59 heavy (non-hydrogen) atoms. The highest BCUT2D eigenvalue weighted by atomic mass is 32.2. The van der Waals surface area contributed by atoms with Crippen LogP contribution in [0, 0.1) is 0 Å². The molecule has 9 heteroatoms. The van der Waals surface area contributed by atoms with Crippen LogP contribution in [0.25, 0.3) is 20.2 Å². The first-order valence-electron chi connectivity index (χ1n) is 19.6. The molecule has 0 aliphatic heterocycles. The molecule has 0 radical (unpaired) electrons. The quantitative estimate of drug-likeness (QED) is 0.0803. The SMILES string of the molecule is O=C(CN(CCOc1ccc2c(c1)sc1ccccc12)Cc1ccccc1)c1ccc(OCc2ccccc2)c(N(Cc2ccccc2)S(=O)(=O)Cc2ccccc2)c1. The van der Waals surface area contributed by atoms with Crippen molar-refractivity contribution >= 4 is 53.0 Å². The number of Topliss-reactive ketones (excluding diaryl/α,β-unsaturated/α-hetero) is 1. The Labute approximate surface area is 349 Å². The van der Waals surface area contributed by atoms with Crippen molar-refractivity contribution < 1.29 is 22.7 Å². The number of rotatable bonds is 18. The van der Waals surface area contributed by atoms with Crippen LogP contribution in [-0.4, -0.2) is 38.8 Å². The van der Waals surface area contributed by atoms with E-state index in [1.807, 2.05) is 115 Å². The molecular formula is C50H44N2O5S2. The van der Waals surface area contributed by atoms with Crippen LogP contribution in [0.5, 0.6) is 11.5 Å². The summed E-state index contributed by atoms with van der Waals surface area (Å²) in [7, 11) is -3.98. The Hall–Kier alpha value is -6.26. The van der Waals surface area contributed by atoms with Crippen LogP contribution >= 0.6 is 11.3 Å². The number of carbonyl (C=O) groups is 1. The van der Waals surface area contributed by atoms with E-state index in [1.54, 1.807) is 41.7 Å². The molecule has 0 N–H and O–H groups in total. The van der Waals surface area contributed by atoms with E-state index in [-0.39, 0.29) is 31.2 Å². The molecule has 1 aromatic heterocycles. The van der Waals surface area contributed by atoms with Gasteiger partial charge in [-0.05, 0) is 64.7 Å². The summed E-state index contributed by atoms with van der Waals surface area (Å²) in [5.41, 5.74) is 4.15. The van der Waals surface area contributed by atoms with Gasteiger partial charge in [0, 0.05) is 38.8 Å². The van der Waals surface area contributed by atoms with E-state index < -0.39 is 10.0 Å². The number of nitrogens with zero attached hydrogens (tertiary/aromatic N) is 2. The summed E-state index contributed by atoms with van der Waals surface area (Å²) in [6.07, 6.45) is 0. The molecule has 0 aliphatic rings. The normalized spacial score (nSPS) is 11.5. The lowest BCUT2D eigenvalue weighted by molar-refractivity contribution is 0.0912. The maximum absolute atomic E-state index is 14.5. The van der Waals surface area contributed by atoms with Crippen LogP contribution in [0.4, 0.5) is 5.69 Å². The first-order chi connectivity index (χ1) is 28.9. The first kappa shape index (κ1) is 39.6. The number of hydrogen-bond acceptors (Lipinski definition) is 7. The Morgan fingerprint density at radius 2 is 1.15 bits per heavy atom. The highest BCUT2D eigenvalue weighted by Gasteiger charge is 2.28. The third-order valence-corrected chi connectivity index (χ3v) is 13.0. The predicted octanol–water partition coefficient (Wildman–Crippen LogP) is 10.9. The number of thiophene rings is 1. The maximum Gasteiger partial charge on any atom is 0.239 e. The third-order valence-electron chi connectivity index (χ3n) is 10.1. The van der Waals surface area contributed by atoms with Crippen molar-refractivity contribution in [2.75, 3.05) is 24.0 Å². The zero-order valence-electron chi connectivity index (χ0n) is 32.5. The standard InChI is InChI=1S/C50H44N2O5S2/c53-47(35-51(33-38-15-5-1-6-16-38)29-30-56-43-26-27-45-44-23-13-14-24-49(44)58-50(45)32-43)42-25-28-48(57-36-40-19-9-3-10-20-40)46(31-42)52(34-39-17-7-2-8-18-39)59(54,55)37-41-21-11-4-12-22-41/h1-28,31-32H,29-30,33-37H2. The number of ether oxygens (including phenoxy) is 2. The molecule has 0 amide bonds. The second kappa shape index (κ2) is 18.6. The van der Waals surface area contributed by atoms with Gasteiger partial charge in [-0.25, -0.2) is 8.42 Å². The molecule has 8 rings (SSSR count). The van der Waals surface area contributed by atoms with Gasteiger partial charge in [-0.15, -0.1) is 11.3 Å². The van der Waals surface area contributed by atoms with Gasteiger partial charge in [0.2, 0.25) is 10.0 Å². The van der Waals surface area contributed by atoms with Gasteiger partial charge < -0.3 is 9.47 Å². The Morgan fingerprint density at radius 1 is 0.559 bits per heavy atom. The van der Waals surface area contributed by atoms with Crippen molar-refractivity contribution in [3.05, 3.63) is 210 Å². The van der Waals surface area contributed by atoms with E-state index in [1.165, 1.54) is 24.5 Å². The summed E-state index contributed by atoms with van der Waals surface area (Å²) in [5, 5.41) is 2.45. The van der Waals surface area contributed by atoms with Crippen molar-refractivity contribution in [3.63, 3.8) is 0 Å². The first-order valence-corrected chi connectivity index (χ1v) is 22.0. The van der Waals surface area contributed by atoms with Crippen LogP contribution in [-0.2, 0) is 35.5 Å². The zero-order valence-corrected chi connectivity index (χ0v) is 34.2. The minimum absolute atomic E-state index is 0.0557. The summed E-state index contributed by atoms with van der Waals surface area (Å²) in [5.74, 6) is 0.769. The van der Waals surface area contributed by atoms with Crippen LogP contribution in [0.2, 0.25) is 0 Å². The second-order valence-corrected chi connectivity index (χ2v) is 17.4. The van der Waals surface area contributed by atoms with E-state index in [9.17, 15) is 13.2 Å². The number of fused-ring (bicyclic) bond motifs is 3. The number of sulfonamides is 1. The van der Waals surface area contributed by atoms with Crippen molar-refractivity contribution in [1.29, 1.82) is 0 Å². The van der Waals surface area contributed by atoms with Crippen LogP contribution < -0.4 is 13.8 Å². The lowest BCUT2D eigenvalue weighted by atomic mass is 10.1. The lowest BCUT2D eigenvalue weighted by Gasteiger charge is -2.28. The molecular weight excluding hydrogens is 773 g/mol. The fourth-order valence-corrected chi connectivity index (χ4v) is 9.82. The molecule has 8 aromatic rings. The molecule has 7 nitrogen and oxygen atoms in total. The van der Waals surface area contributed by atoms with Gasteiger partial charge in [-0.1, -0.05) is 140 Å². The van der Waals surface area contributed by atoms with E-state index in [4.69, 9.17) is 9.47 Å². The molecule has 0 aliphatic carbocycles.